The van der Waals surface area contributed by atoms with E-state index in [9.17, 15) is 4.79 Å². The molecule has 0 spiro atoms. The molecule has 0 unspecified atom stereocenters. The molecular formula is C11H15N5O2. The van der Waals surface area contributed by atoms with Gasteiger partial charge in [-0.15, -0.1) is 0 Å². The molecule has 18 heavy (non-hydrogen) atoms. The van der Waals surface area contributed by atoms with E-state index in [0.717, 1.165) is 5.82 Å². The molecule has 0 amide bonds. The van der Waals surface area contributed by atoms with Crippen LogP contribution in [0.25, 0.3) is 0 Å². The Morgan fingerprint density at radius 2 is 2.33 bits per heavy atom. The number of hydrogen-bond donors (Lipinski definition) is 1. The molecule has 0 aromatic carbocycles. The van der Waals surface area contributed by atoms with E-state index in [4.69, 9.17) is 10.5 Å². The second kappa shape index (κ2) is 5.35. The lowest BCUT2D eigenvalue weighted by atomic mass is 10.4. The van der Waals surface area contributed by atoms with Crippen molar-refractivity contribution in [2.75, 3.05) is 12.3 Å². The van der Waals surface area contributed by atoms with Gasteiger partial charge in [0.25, 0.3) is 0 Å². The van der Waals surface area contributed by atoms with E-state index >= 15 is 0 Å². The summed E-state index contributed by atoms with van der Waals surface area (Å²) < 4.78 is 8.42. The van der Waals surface area contributed by atoms with Crippen molar-refractivity contribution >= 4 is 11.8 Å². The molecule has 2 aromatic rings. The summed E-state index contributed by atoms with van der Waals surface area (Å²) in [5, 5.41) is 3.90. The van der Waals surface area contributed by atoms with Crippen molar-refractivity contribution in [3.63, 3.8) is 0 Å². The van der Waals surface area contributed by atoms with Crippen LogP contribution in [0.3, 0.4) is 0 Å². The van der Waals surface area contributed by atoms with E-state index in [1.54, 1.807) is 18.5 Å². The summed E-state index contributed by atoms with van der Waals surface area (Å²) in [7, 11) is 1.90. The summed E-state index contributed by atoms with van der Waals surface area (Å²) in [6.45, 7) is 0.373. The van der Waals surface area contributed by atoms with Crippen LogP contribution in [0.2, 0.25) is 0 Å². The molecule has 0 fully saturated rings. The number of aryl methyl sites for hydroxylation is 1. The third-order valence-corrected chi connectivity index (χ3v) is 2.46. The Bertz CT molecular complexity index is 531. The molecule has 2 rings (SSSR count). The first-order valence-electron chi connectivity index (χ1n) is 5.56. The summed E-state index contributed by atoms with van der Waals surface area (Å²) in [5.41, 5.74) is 5.44. The summed E-state index contributed by atoms with van der Waals surface area (Å²) in [6, 6.07) is 1.63. The zero-order valence-electron chi connectivity index (χ0n) is 10.1. The highest BCUT2D eigenvalue weighted by atomic mass is 16.5. The molecular weight excluding hydrogens is 234 g/mol. The van der Waals surface area contributed by atoms with E-state index < -0.39 is 0 Å². The second-order valence-corrected chi connectivity index (χ2v) is 3.86. The Morgan fingerprint density at radius 3 is 2.94 bits per heavy atom. The molecule has 0 aliphatic carbocycles. The fourth-order valence-electron chi connectivity index (χ4n) is 1.54. The average Bonchev–Trinajstić information content (AvgIpc) is 2.89. The molecule has 2 aromatic heterocycles. The van der Waals surface area contributed by atoms with Crippen LogP contribution >= 0.6 is 0 Å². The lowest BCUT2D eigenvalue weighted by Crippen LogP contribution is -2.16. The van der Waals surface area contributed by atoms with Gasteiger partial charge in [-0.25, -0.2) is 4.98 Å². The van der Waals surface area contributed by atoms with Gasteiger partial charge in [-0.3, -0.25) is 9.48 Å². The SMILES string of the molecule is Cn1ccnc1CCOC(=O)Cn1ccc(N)n1. The zero-order valence-corrected chi connectivity index (χ0v) is 10.1. The van der Waals surface area contributed by atoms with Gasteiger partial charge in [0.15, 0.2) is 0 Å². The number of rotatable bonds is 5. The summed E-state index contributed by atoms with van der Waals surface area (Å²) in [6.07, 6.45) is 5.79. The maximum atomic E-state index is 11.5. The van der Waals surface area contributed by atoms with Crippen LogP contribution in [0.5, 0.6) is 0 Å². The quantitative estimate of drug-likeness (QED) is 0.753. The topological polar surface area (TPSA) is 88.0 Å². The number of nitrogen functional groups attached to an aromatic ring is 1. The van der Waals surface area contributed by atoms with E-state index in [-0.39, 0.29) is 12.5 Å². The molecule has 0 saturated carbocycles. The van der Waals surface area contributed by atoms with Crippen LogP contribution in [-0.2, 0) is 29.5 Å². The first kappa shape index (κ1) is 12.2. The number of anilines is 1. The Balaban J connectivity index is 1.74. The van der Waals surface area contributed by atoms with E-state index in [1.165, 1.54) is 4.68 Å². The molecule has 0 aliphatic heterocycles. The maximum Gasteiger partial charge on any atom is 0.327 e. The number of esters is 1. The molecule has 0 aliphatic rings. The van der Waals surface area contributed by atoms with Crippen LogP contribution in [0, 0.1) is 0 Å². The molecule has 2 heterocycles. The number of imidazole rings is 1. The lowest BCUT2D eigenvalue weighted by molar-refractivity contribution is -0.144. The molecule has 2 N–H and O–H groups in total. The minimum Gasteiger partial charge on any atom is -0.464 e. The van der Waals surface area contributed by atoms with Crippen LogP contribution < -0.4 is 5.73 Å². The standard InChI is InChI=1S/C11H15N5O2/c1-15-6-4-13-10(15)3-7-18-11(17)8-16-5-2-9(12)14-16/h2,4-6H,3,7-8H2,1H3,(H2,12,14). The normalized spacial score (nSPS) is 10.5. The Morgan fingerprint density at radius 1 is 1.50 bits per heavy atom. The first-order chi connectivity index (χ1) is 8.65. The average molecular weight is 249 g/mol. The predicted molar refractivity (Wildman–Crippen MR) is 64.5 cm³/mol. The number of hydrogen-bond acceptors (Lipinski definition) is 5. The van der Waals surface area contributed by atoms with Gasteiger partial charge < -0.3 is 15.0 Å². The molecule has 0 radical (unpaired) electrons. The highest BCUT2D eigenvalue weighted by Crippen LogP contribution is 1.98. The smallest absolute Gasteiger partial charge is 0.327 e. The third kappa shape index (κ3) is 3.09. The predicted octanol–water partition coefficient (Wildman–Crippen LogP) is -0.0153. The van der Waals surface area contributed by atoms with Gasteiger partial charge in [-0.1, -0.05) is 0 Å². The largest absolute Gasteiger partial charge is 0.464 e. The summed E-state index contributed by atoms with van der Waals surface area (Å²) in [4.78, 5) is 15.6. The number of carbonyl (C=O) groups is 1. The minimum atomic E-state index is -0.340. The highest BCUT2D eigenvalue weighted by Gasteiger charge is 2.06. The molecule has 0 bridgehead atoms. The Hall–Kier alpha value is -2.31. The van der Waals surface area contributed by atoms with Crippen LogP contribution in [0.1, 0.15) is 5.82 Å². The fourth-order valence-corrected chi connectivity index (χ4v) is 1.54. The summed E-state index contributed by atoms with van der Waals surface area (Å²) >= 11 is 0. The van der Waals surface area contributed by atoms with Crippen LogP contribution in [0.4, 0.5) is 5.82 Å². The molecule has 7 nitrogen and oxygen atoms in total. The molecule has 96 valence electrons. The van der Waals surface area contributed by atoms with Gasteiger partial charge in [0.1, 0.15) is 18.2 Å². The van der Waals surface area contributed by atoms with Crippen molar-refractivity contribution in [1.82, 2.24) is 19.3 Å². The number of nitrogens with zero attached hydrogens (tertiary/aromatic N) is 4. The molecule has 7 heteroatoms. The van der Waals surface area contributed by atoms with Crippen molar-refractivity contribution < 1.29 is 9.53 Å². The highest BCUT2D eigenvalue weighted by molar-refractivity contribution is 5.69. The van der Waals surface area contributed by atoms with Crippen LogP contribution in [0.15, 0.2) is 24.7 Å². The van der Waals surface area contributed by atoms with Gasteiger partial charge in [0.2, 0.25) is 0 Å². The van der Waals surface area contributed by atoms with Gasteiger partial charge in [0.05, 0.1) is 6.61 Å². The third-order valence-electron chi connectivity index (χ3n) is 2.46. The van der Waals surface area contributed by atoms with Crippen molar-refractivity contribution in [3.05, 3.63) is 30.5 Å². The second-order valence-electron chi connectivity index (χ2n) is 3.86. The van der Waals surface area contributed by atoms with Crippen molar-refractivity contribution in [2.24, 2.45) is 7.05 Å². The van der Waals surface area contributed by atoms with Gasteiger partial charge in [-0.05, 0) is 6.07 Å². The van der Waals surface area contributed by atoms with E-state index in [0.29, 0.717) is 18.8 Å². The monoisotopic (exact) mass is 249 g/mol. The molecule has 0 atom stereocenters. The lowest BCUT2D eigenvalue weighted by Gasteiger charge is -2.05. The number of aromatic nitrogens is 4. The Kier molecular flexibility index (Phi) is 3.61. The number of ether oxygens (including phenoxy) is 1. The van der Waals surface area contributed by atoms with Crippen molar-refractivity contribution in [1.29, 1.82) is 0 Å². The van der Waals surface area contributed by atoms with Crippen LogP contribution in [-0.4, -0.2) is 31.9 Å². The van der Waals surface area contributed by atoms with Crippen molar-refractivity contribution in [3.8, 4) is 0 Å². The van der Waals surface area contributed by atoms with Gasteiger partial charge in [-0.2, -0.15) is 5.10 Å². The number of nitrogens with two attached hydrogens (primary N) is 1. The fraction of sp³-hybridized carbons (Fsp3) is 0.364. The van der Waals surface area contributed by atoms with E-state index in [1.807, 2.05) is 17.8 Å². The first-order valence-corrected chi connectivity index (χ1v) is 5.56. The minimum absolute atomic E-state index is 0.0672. The van der Waals surface area contributed by atoms with Gasteiger partial charge in [0, 0.05) is 32.1 Å². The number of carbonyl (C=O) groups excluding carboxylic acids is 1. The molecule has 0 saturated heterocycles. The summed E-state index contributed by atoms with van der Waals surface area (Å²) in [5.74, 6) is 0.925. The maximum absolute atomic E-state index is 11.5. The van der Waals surface area contributed by atoms with E-state index in [2.05, 4.69) is 10.1 Å². The Labute approximate surface area is 104 Å². The zero-order chi connectivity index (χ0) is 13.0. The van der Waals surface area contributed by atoms with Crippen molar-refractivity contribution in [2.45, 2.75) is 13.0 Å². The van der Waals surface area contributed by atoms with Gasteiger partial charge >= 0.3 is 5.97 Å².